The Morgan fingerprint density at radius 3 is 0.667 bits per heavy atom. The number of hydrogen-bond donors (Lipinski definition) is 0. The number of esters is 4. The van der Waals surface area contributed by atoms with Gasteiger partial charge in [0.05, 0.1) is 25.7 Å². The zero-order valence-corrected chi connectivity index (χ0v) is 67.3. The van der Waals surface area contributed by atoms with Gasteiger partial charge in [0.2, 0.25) is 0 Å². The standard InChI is InChI=1S/C67H131N3O8S12/c1-6-10-14-18-22-26-30-34-56-79-87-83-60-52-75-64(71)40-48-69(49-41-65(72)76-53-61-84-88-80-57-35-31-27-23-19-15-11-7-2)46-38-44-68(5)45-39-47-70(50-42-66(73)77-54-62-85-89-81-58-36-32-28-24-20-16-12-8-3)51-43-67(74)78-55-63-86-90-82-59-37-33-29-25-21-17-13-9-4/h6-63H2,1-5H3. The first-order valence-electron chi connectivity index (χ1n) is 35.7. The van der Waals surface area contributed by atoms with E-state index in [4.69, 9.17) is 18.9 Å². The highest BCUT2D eigenvalue weighted by molar-refractivity contribution is 9.10. The lowest BCUT2D eigenvalue weighted by Crippen LogP contribution is -2.34. The van der Waals surface area contributed by atoms with Crippen molar-refractivity contribution in [2.24, 2.45) is 0 Å². The van der Waals surface area contributed by atoms with Gasteiger partial charge in [-0.25, -0.2) is 0 Å². The lowest BCUT2D eigenvalue weighted by Gasteiger charge is -2.25. The van der Waals surface area contributed by atoms with Crippen molar-refractivity contribution in [3.05, 3.63) is 0 Å². The summed E-state index contributed by atoms with van der Waals surface area (Å²) in [5, 5.41) is 0. The average Bonchev–Trinajstić information content (AvgIpc) is 3.60. The fourth-order valence-corrected chi connectivity index (χ4v) is 24.3. The number of hydrogen-bond acceptors (Lipinski definition) is 23. The second-order valence-electron chi connectivity index (χ2n) is 23.3. The second-order valence-corrected chi connectivity index (χ2v) is 41.2. The number of rotatable bonds is 76. The first-order valence-corrected chi connectivity index (χ1v) is 50.9. The molecule has 0 unspecified atom stereocenters. The van der Waals surface area contributed by atoms with Gasteiger partial charge in [-0.3, -0.25) is 19.2 Å². The average molecular weight is 1490 g/mol. The molecule has 0 aliphatic carbocycles. The van der Waals surface area contributed by atoms with E-state index in [2.05, 4.69) is 49.4 Å². The van der Waals surface area contributed by atoms with Crippen LogP contribution in [-0.2, 0) is 38.1 Å². The molecule has 0 N–H and O–H groups in total. The van der Waals surface area contributed by atoms with E-state index in [0.29, 0.717) is 52.6 Å². The predicted octanol–water partition coefficient (Wildman–Crippen LogP) is 22.7. The van der Waals surface area contributed by atoms with Crippen molar-refractivity contribution >= 4 is 150 Å². The molecule has 11 nitrogen and oxygen atoms in total. The van der Waals surface area contributed by atoms with Crippen LogP contribution in [-0.4, -0.2) is 170 Å². The summed E-state index contributed by atoms with van der Waals surface area (Å²) in [5.41, 5.74) is 0. The van der Waals surface area contributed by atoms with Crippen molar-refractivity contribution in [3.63, 3.8) is 0 Å². The molecule has 0 aliphatic heterocycles. The summed E-state index contributed by atoms with van der Waals surface area (Å²) in [6.45, 7) is 16.0. The van der Waals surface area contributed by atoms with E-state index in [0.717, 1.165) is 85.0 Å². The summed E-state index contributed by atoms with van der Waals surface area (Å²) in [6.07, 6.45) is 45.6. The molecule has 0 heterocycles. The summed E-state index contributed by atoms with van der Waals surface area (Å²) in [5.74, 6) is 6.93. The molecule has 0 spiro atoms. The SMILES string of the molecule is CCCCCCCCCCSSSCCOC(=O)CCN(CCCN(C)CCCN(CCC(=O)OCCSSSCCCCCCCCCC)CCC(=O)OCCSSSCCCCCCCCCC)CCC(=O)OCCSSSCCCCCCCCCC. The summed E-state index contributed by atoms with van der Waals surface area (Å²) in [4.78, 5) is 58.5. The van der Waals surface area contributed by atoms with Gasteiger partial charge >= 0.3 is 23.9 Å². The fraction of sp³-hybridized carbons (Fsp3) is 0.940. The van der Waals surface area contributed by atoms with Crippen molar-refractivity contribution in [1.29, 1.82) is 0 Å². The van der Waals surface area contributed by atoms with Crippen molar-refractivity contribution in [1.82, 2.24) is 14.7 Å². The maximum Gasteiger partial charge on any atom is 0.307 e. The minimum Gasteiger partial charge on any atom is -0.465 e. The van der Waals surface area contributed by atoms with Crippen LogP contribution >= 0.6 is 126 Å². The Bertz CT molecular complexity index is 1330. The van der Waals surface area contributed by atoms with Crippen molar-refractivity contribution in [2.45, 2.75) is 272 Å². The largest absolute Gasteiger partial charge is 0.465 e. The Labute approximate surface area is 600 Å². The van der Waals surface area contributed by atoms with Gasteiger partial charge in [-0.05, 0) is 111 Å². The quantitative estimate of drug-likeness (QED) is 0.0249. The second kappa shape index (κ2) is 78.3. The van der Waals surface area contributed by atoms with E-state index < -0.39 is 0 Å². The summed E-state index contributed by atoms with van der Waals surface area (Å²) in [7, 11) is 24.0. The van der Waals surface area contributed by atoms with Gasteiger partial charge < -0.3 is 33.6 Å². The van der Waals surface area contributed by atoms with E-state index in [1.807, 2.05) is 43.2 Å². The Kier molecular flexibility index (Phi) is 80.0. The molecular formula is C67H131N3O8S12. The molecule has 0 bridgehead atoms. The maximum atomic E-state index is 12.9. The van der Waals surface area contributed by atoms with Crippen LogP contribution < -0.4 is 0 Å². The number of nitrogens with zero attached hydrogens (tertiary/aromatic N) is 3. The van der Waals surface area contributed by atoms with Crippen LogP contribution in [0.1, 0.15) is 272 Å². The predicted molar refractivity (Wildman–Crippen MR) is 422 cm³/mol. The first-order chi connectivity index (χ1) is 44.2. The molecular weight excluding hydrogens is 1360 g/mol. The lowest BCUT2D eigenvalue weighted by molar-refractivity contribution is -0.145. The summed E-state index contributed by atoms with van der Waals surface area (Å²) in [6, 6.07) is 0. The number of carbonyl (C=O) groups excluding carboxylic acids is 4. The summed E-state index contributed by atoms with van der Waals surface area (Å²) < 4.78 is 22.6. The van der Waals surface area contributed by atoms with Crippen LogP contribution in [0.4, 0.5) is 0 Å². The van der Waals surface area contributed by atoms with E-state index in [-0.39, 0.29) is 49.6 Å². The third-order valence-corrected chi connectivity index (χ3v) is 32.1. The number of carbonyl (C=O) groups is 4. The van der Waals surface area contributed by atoms with E-state index >= 15 is 0 Å². The van der Waals surface area contributed by atoms with Crippen molar-refractivity contribution < 1.29 is 38.1 Å². The van der Waals surface area contributed by atoms with Crippen LogP contribution in [0.15, 0.2) is 0 Å². The highest BCUT2D eigenvalue weighted by atomic mass is 33.5. The number of ether oxygens (including phenoxy) is 4. The molecule has 0 aliphatic rings. The third kappa shape index (κ3) is 74.2. The Balaban J connectivity index is 5.08. The van der Waals surface area contributed by atoms with Crippen molar-refractivity contribution in [2.75, 3.05) is 132 Å². The minimum atomic E-state index is -0.197. The molecule has 0 aromatic carbocycles. The molecule has 0 aromatic rings. The van der Waals surface area contributed by atoms with Gasteiger partial charge in [-0.15, -0.1) is 0 Å². The van der Waals surface area contributed by atoms with Crippen LogP contribution in [0.2, 0.25) is 0 Å². The Morgan fingerprint density at radius 2 is 0.444 bits per heavy atom. The number of unbranched alkanes of at least 4 members (excludes halogenated alkanes) is 28. The molecule has 534 valence electrons. The molecule has 0 aromatic heterocycles. The van der Waals surface area contributed by atoms with E-state index in [1.54, 1.807) is 82.5 Å². The molecule has 23 heteroatoms. The molecule has 0 radical (unpaired) electrons. The maximum absolute atomic E-state index is 12.9. The Hall–Kier alpha value is 1.96. The van der Waals surface area contributed by atoms with Crippen LogP contribution in [0.5, 0.6) is 0 Å². The molecule has 0 fully saturated rings. The fourth-order valence-electron chi connectivity index (χ4n) is 9.54. The third-order valence-electron chi connectivity index (χ3n) is 15.0. The van der Waals surface area contributed by atoms with Gasteiger partial charge in [-0.1, -0.05) is 294 Å². The van der Waals surface area contributed by atoms with Crippen LogP contribution in [0.3, 0.4) is 0 Å². The Morgan fingerprint density at radius 1 is 0.244 bits per heavy atom. The molecule has 0 saturated heterocycles. The van der Waals surface area contributed by atoms with E-state index in [9.17, 15) is 19.2 Å². The van der Waals surface area contributed by atoms with Gasteiger partial charge in [0.25, 0.3) is 0 Å². The molecule has 0 amide bonds. The van der Waals surface area contributed by atoms with Crippen LogP contribution in [0.25, 0.3) is 0 Å². The van der Waals surface area contributed by atoms with Crippen molar-refractivity contribution in [3.8, 4) is 0 Å². The van der Waals surface area contributed by atoms with Gasteiger partial charge in [-0.2, -0.15) is 0 Å². The molecule has 0 rings (SSSR count). The zero-order chi connectivity index (χ0) is 65.4. The smallest absolute Gasteiger partial charge is 0.307 e. The summed E-state index contributed by atoms with van der Waals surface area (Å²) >= 11 is 0. The molecule has 0 atom stereocenters. The first kappa shape index (κ1) is 92.0. The van der Waals surface area contributed by atoms with Gasteiger partial charge in [0, 0.05) is 72.2 Å². The highest BCUT2D eigenvalue weighted by Gasteiger charge is 2.16. The van der Waals surface area contributed by atoms with Gasteiger partial charge in [0.1, 0.15) is 26.4 Å². The van der Waals surface area contributed by atoms with E-state index in [1.165, 1.54) is 205 Å². The van der Waals surface area contributed by atoms with Crippen LogP contribution in [0, 0.1) is 0 Å². The lowest BCUT2D eigenvalue weighted by atomic mass is 10.1. The normalized spacial score (nSPS) is 11.6. The minimum absolute atomic E-state index is 0.197. The van der Waals surface area contributed by atoms with Gasteiger partial charge in [0.15, 0.2) is 0 Å². The highest BCUT2D eigenvalue weighted by Crippen LogP contribution is 2.37. The zero-order valence-electron chi connectivity index (χ0n) is 57.5. The molecule has 0 saturated carbocycles. The monoisotopic (exact) mass is 1490 g/mol. The topological polar surface area (TPSA) is 115 Å². The molecule has 90 heavy (non-hydrogen) atoms.